The molecule has 0 atom stereocenters. The highest BCUT2D eigenvalue weighted by atomic mass is 35.5. The van der Waals surface area contributed by atoms with Gasteiger partial charge in [-0.2, -0.15) is 5.10 Å². The maximum absolute atomic E-state index is 6.44. The molecule has 0 spiro atoms. The molecule has 2 N–H and O–H groups in total. The van der Waals surface area contributed by atoms with Gasteiger partial charge in [-0.1, -0.05) is 41.9 Å². The number of nitrogens with zero attached hydrogens (tertiary/aromatic N) is 1. The number of halogens is 1. The Labute approximate surface area is 144 Å². The zero-order valence-corrected chi connectivity index (χ0v) is 13.9. The summed E-state index contributed by atoms with van der Waals surface area (Å²) in [6.45, 7) is 2.51. The van der Waals surface area contributed by atoms with Gasteiger partial charge in [0.2, 0.25) is 0 Å². The fourth-order valence-corrected chi connectivity index (χ4v) is 3.04. The molecule has 0 aliphatic rings. The van der Waals surface area contributed by atoms with Gasteiger partial charge in [-0.3, -0.25) is 5.10 Å². The number of furan rings is 1. The second-order valence-corrected chi connectivity index (χ2v) is 6.09. The lowest BCUT2D eigenvalue weighted by Gasteiger charge is -2.06. The average molecular weight is 338 g/mol. The van der Waals surface area contributed by atoms with E-state index in [0.29, 0.717) is 11.6 Å². The molecule has 0 fully saturated rings. The van der Waals surface area contributed by atoms with Crippen LogP contribution in [0.25, 0.3) is 22.0 Å². The Hall–Kier alpha value is -2.72. The van der Waals surface area contributed by atoms with Crippen molar-refractivity contribution >= 4 is 28.3 Å². The molecule has 120 valence electrons. The molecule has 0 radical (unpaired) electrons. The quantitative estimate of drug-likeness (QED) is 0.524. The molecule has 0 saturated carbocycles. The maximum Gasteiger partial charge on any atom is 0.156 e. The van der Waals surface area contributed by atoms with Gasteiger partial charge in [0.1, 0.15) is 11.5 Å². The molecule has 4 aromatic rings. The minimum atomic E-state index is 0.580. The molecule has 4 nitrogen and oxygen atoms in total. The number of rotatable bonds is 4. The zero-order valence-electron chi connectivity index (χ0n) is 13.1. The highest BCUT2D eigenvalue weighted by Gasteiger charge is 2.11. The Morgan fingerprint density at radius 2 is 1.96 bits per heavy atom. The van der Waals surface area contributed by atoms with Gasteiger partial charge in [0.05, 0.1) is 17.1 Å². The van der Waals surface area contributed by atoms with Crippen LogP contribution in [0.2, 0.25) is 5.02 Å². The van der Waals surface area contributed by atoms with Crippen molar-refractivity contribution in [3.63, 3.8) is 0 Å². The Morgan fingerprint density at radius 1 is 1.12 bits per heavy atom. The number of H-pyrrole nitrogens is 1. The van der Waals surface area contributed by atoms with Gasteiger partial charge in [0.25, 0.3) is 0 Å². The SMILES string of the molecule is Cc1ccc(CNc2n[nH]c3cc(Cl)c(-c4ccccc4)cc23)o1. The fraction of sp³-hybridized carbons (Fsp3) is 0.105. The van der Waals surface area contributed by atoms with Crippen LogP contribution in [-0.2, 0) is 6.54 Å². The van der Waals surface area contributed by atoms with Crippen LogP contribution < -0.4 is 5.32 Å². The van der Waals surface area contributed by atoms with E-state index in [9.17, 15) is 0 Å². The van der Waals surface area contributed by atoms with E-state index in [1.807, 2.05) is 55.5 Å². The maximum atomic E-state index is 6.44. The van der Waals surface area contributed by atoms with E-state index in [1.54, 1.807) is 0 Å². The smallest absolute Gasteiger partial charge is 0.156 e. The lowest BCUT2D eigenvalue weighted by Crippen LogP contribution is -1.98. The molecule has 0 aliphatic heterocycles. The summed E-state index contributed by atoms with van der Waals surface area (Å²) in [5, 5.41) is 12.4. The third-order valence-electron chi connectivity index (χ3n) is 3.96. The van der Waals surface area contributed by atoms with Crippen molar-refractivity contribution in [1.82, 2.24) is 10.2 Å². The van der Waals surface area contributed by atoms with Gasteiger partial charge in [0.15, 0.2) is 5.82 Å². The summed E-state index contributed by atoms with van der Waals surface area (Å²) in [4.78, 5) is 0. The molecular formula is C19H16ClN3O. The number of benzene rings is 2. The van der Waals surface area contributed by atoms with Crippen molar-refractivity contribution in [3.8, 4) is 11.1 Å². The summed E-state index contributed by atoms with van der Waals surface area (Å²) < 4.78 is 5.58. The van der Waals surface area contributed by atoms with Gasteiger partial charge in [-0.25, -0.2) is 0 Å². The van der Waals surface area contributed by atoms with Crippen LogP contribution in [0.15, 0.2) is 59.0 Å². The highest BCUT2D eigenvalue weighted by Crippen LogP contribution is 2.34. The van der Waals surface area contributed by atoms with Crippen LogP contribution in [0.5, 0.6) is 0 Å². The lowest BCUT2D eigenvalue weighted by atomic mass is 10.0. The van der Waals surface area contributed by atoms with Gasteiger partial charge >= 0.3 is 0 Å². The first-order valence-corrected chi connectivity index (χ1v) is 8.11. The van der Waals surface area contributed by atoms with Crippen LogP contribution >= 0.6 is 11.6 Å². The van der Waals surface area contributed by atoms with Crippen molar-refractivity contribution in [2.45, 2.75) is 13.5 Å². The highest BCUT2D eigenvalue weighted by molar-refractivity contribution is 6.34. The number of aromatic nitrogens is 2. The second-order valence-electron chi connectivity index (χ2n) is 5.68. The van der Waals surface area contributed by atoms with Gasteiger partial charge in [-0.05, 0) is 36.8 Å². The number of nitrogens with one attached hydrogen (secondary N) is 2. The second kappa shape index (κ2) is 6.06. The number of hydrogen-bond donors (Lipinski definition) is 2. The third-order valence-corrected chi connectivity index (χ3v) is 4.27. The van der Waals surface area contributed by atoms with Crippen LogP contribution in [0.3, 0.4) is 0 Å². The summed E-state index contributed by atoms with van der Waals surface area (Å²) in [7, 11) is 0. The largest absolute Gasteiger partial charge is 0.465 e. The van der Waals surface area contributed by atoms with E-state index < -0.39 is 0 Å². The Bertz CT molecular complexity index is 988. The number of anilines is 1. The number of fused-ring (bicyclic) bond motifs is 1. The predicted octanol–water partition coefficient (Wildman–Crippen LogP) is 5.40. The van der Waals surface area contributed by atoms with Crippen molar-refractivity contribution in [2.75, 3.05) is 5.32 Å². The topological polar surface area (TPSA) is 53.9 Å². The summed E-state index contributed by atoms with van der Waals surface area (Å²) in [6, 6.07) is 18.0. The van der Waals surface area contributed by atoms with Gasteiger partial charge in [0, 0.05) is 10.9 Å². The van der Waals surface area contributed by atoms with Crippen molar-refractivity contribution < 1.29 is 4.42 Å². The molecule has 24 heavy (non-hydrogen) atoms. The van der Waals surface area contributed by atoms with E-state index in [0.717, 1.165) is 39.4 Å². The standard InChI is InChI=1S/C19H16ClN3O/c1-12-7-8-14(24-12)11-21-19-16-9-15(13-5-3-2-4-6-13)17(20)10-18(16)22-23-19/h2-10H,11H2,1H3,(H2,21,22,23). The first-order chi connectivity index (χ1) is 11.7. The van der Waals surface area contributed by atoms with Crippen LogP contribution in [0.4, 0.5) is 5.82 Å². The Morgan fingerprint density at radius 3 is 2.71 bits per heavy atom. The van der Waals surface area contributed by atoms with Gasteiger partial charge in [-0.15, -0.1) is 0 Å². The van der Waals surface area contributed by atoms with E-state index in [2.05, 4.69) is 21.6 Å². The zero-order chi connectivity index (χ0) is 16.5. The summed E-state index contributed by atoms with van der Waals surface area (Å²) in [5.41, 5.74) is 2.97. The van der Waals surface area contributed by atoms with Crippen LogP contribution in [-0.4, -0.2) is 10.2 Å². The molecule has 2 aromatic carbocycles. The predicted molar refractivity (Wildman–Crippen MR) is 97.3 cm³/mol. The lowest BCUT2D eigenvalue weighted by molar-refractivity contribution is 0.490. The summed E-state index contributed by atoms with van der Waals surface area (Å²) in [5.74, 6) is 2.56. The van der Waals surface area contributed by atoms with Crippen molar-refractivity contribution in [2.24, 2.45) is 0 Å². The van der Waals surface area contributed by atoms with Crippen LogP contribution in [0.1, 0.15) is 11.5 Å². The molecule has 2 aromatic heterocycles. The van der Waals surface area contributed by atoms with Gasteiger partial charge < -0.3 is 9.73 Å². The molecule has 2 heterocycles. The average Bonchev–Trinajstić information content (AvgIpc) is 3.18. The van der Waals surface area contributed by atoms with E-state index in [1.165, 1.54) is 0 Å². The molecule has 0 saturated heterocycles. The van der Waals surface area contributed by atoms with E-state index in [4.69, 9.17) is 16.0 Å². The van der Waals surface area contributed by atoms with E-state index in [-0.39, 0.29) is 0 Å². The molecule has 0 aliphatic carbocycles. The monoisotopic (exact) mass is 337 g/mol. The number of aromatic amines is 1. The molecule has 0 amide bonds. The molecule has 0 unspecified atom stereocenters. The molecule has 0 bridgehead atoms. The first kappa shape index (κ1) is 14.8. The van der Waals surface area contributed by atoms with Crippen LogP contribution in [0, 0.1) is 6.92 Å². The molecular weight excluding hydrogens is 322 g/mol. The Balaban J connectivity index is 1.69. The third kappa shape index (κ3) is 2.76. The van der Waals surface area contributed by atoms with E-state index >= 15 is 0 Å². The van der Waals surface area contributed by atoms with Crippen molar-refractivity contribution in [1.29, 1.82) is 0 Å². The number of aryl methyl sites for hydroxylation is 1. The first-order valence-electron chi connectivity index (χ1n) is 7.73. The minimum absolute atomic E-state index is 0.580. The molecule has 5 heteroatoms. The Kier molecular flexibility index (Phi) is 3.75. The normalized spacial score (nSPS) is 11.1. The molecule has 4 rings (SSSR count). The number of hydrogen-bond acceptors (Lipinski definition) is 3. The summed E-state index contributed by atoms with van der Waals surface area (Å²) >= 11 is 6.44. The minimum Gasteiger partial charge on any atom is -0.465 e. The summed E-state index contributed by atoms with van der Waals surface area (Å²) in [6.07, 6.45) is 0. The fourth-order valence-electron chi connectivity index (χ4n) is 2.76. The van der Waals surface area contributed by atoms with Crippen molar-refractivity contribution in [3.05, 3.63) is 71.1 Å².